The molecule has 1 amide bonds. The fraction of sp³-hybridized carbons (Fsp3) is 0.318. The second-order valence-corrected chi connectivity index (χ2v) is 7.08. The second-order valence-electron chi connectivity index (χ2n) is 7.08. The Balaban J connectivity index is 1.63. The Kier molecular flexibility index (Phi) is 5.78. The van der Waals surface area contributed by atoms with Gasteiger partial charge in [0, 0.05) is 12.6 Å². The highest BCUT2D eigenvalue weighted by atomic mass is 16.5. The van der Waals surface area contributed by atoms with E-state index in [0.717, 1.165) is 16.7 Å². The van der Waals surface area contributed by atoms with Crippen LogP contribution in [0.5, 0.6) is 5.75 Å². The molecule has 146 valence electrons. The lowest BCUT2D eigenvalue weighted by atomic mass is 10.1. The minimum absolute atomic E-state index is 0.159. The van der Waals surface area contributed by atoms with Crippen LogP contribution < -0.4 is 4.74 Å². The summed E-state index contributed by atoms with van der Waals surface area (Å²) in [4.78, 5) is 18.6. The van der Waals surface area contributed by atoms with Gasteiger partial charge >= 0.3 is 0 Å². The lowest BCUT2D eigenvalue weighted by molar-refractivity contribution is -0.137. The number of ether oxygens (including phenoxy) is 1. The second kappa shape index (κ2) is 8.25. The fourth-order valence-electron chi connectivity index (χ4n) is 2.85. The summed E-state index contributed by atoms with van der Waals surface area (Å²) in [5.41, 5.74) is 4.31. The molecule has 1 heterocycles. The molecule has 0 spiro atoms. The largest absolute Gasteiger partial charge is 0.481 e. The van der Waals surface area contributed by atoms with Gasteiger partial charge in [-0.3, -0.25) is 4.79 Å². The Labute approximate surface area is 165 Å². The van der Waals surface area contributed by atoms with E-state index in [1.54, 1.807) is 14.0 Å². The number of carbonyl (C=O) groups excluding carboxylic acids is 1. The zero-order valence-electron chi connectivity index (χ0n) is 16.9. The molecule has 0 radical (unpaired) electrons. The number of likely N-dealkylation sites (N-methyl/N-ethyl adjacent to an activating group) is 1. The molecule has 6 nitrogen and oxygen atoms in total. The Morgan fingerprint density at radius 3 is 2.64 bits per heavy atom. The third-order valence-electron chi connectivity index (χ3n) is 4.63. The van der Waals surface area contributed by atoms with Crippen LogP contribution in [0.1, 0.15) is 29.5 Å². The van der Waals surface area contributed by atoms with E-state index in [2.05, 4.69) is 10.1 Å². The van der Waals surface area contributed by atoms with Crippen LogP contribution in [0.3, 0.4) is 0 Å². The van der Waals surface area contributed by atoms with Crippen molar-refractivity contribution in [3.63, 3.8) is 0 Å². The number of carbonyl (C=O) groups is 1. The number of benzene rings is 2. The highest BCUT2D eigenvalue weighted by Crippen LogP contribution is 2.19. The van der Waals surface area contributed by atoms with Crippen molar-refractivity contribution in [2.75, 3.05) is 7.05 Å². The van der Waals surface area contributed by atoms with Crippen LogP contribution in [0.2, 0.25) is 0 Å². The number of aryl methyl sites for hydroxylation is 3. The van der Waals surface area contributed by atoms with Gasteiger partial charge in [0.05, 0.1) is 6.54 Å². The molecule has 2 aromatic carbocycles. The Bertz CT molecular complexity index is 981. The Morgan fingerprint density at radius 1 is 1.14 bits per heavy atom. The summed E-state index contributed by atoms with van der Waals surface area (Å²) in [6.07, 6.45) is -0.619. The van der Waals surface area contributed by atoms with Crippen molar-refractivity contribution in [3.05, 3.63) is 65.0 Å². The van der Waals surface area contributed by atoms with E-state index < -0.39 is 6.10 Å². The lowest BCUT2D eigenvalue weighted by Gasteiger charge is -2.21. The molecule has 1 aromatic heterocycles. The van der Waals surface area contributed by atoms with Gasteiger partial charge in [-0.2, -0.15) is 4.98 Å². The molecule has 3 rings (SSSR count). The highest BCUT2D eigenvalue weighted by Gasteiger charge is 2.21. The number of hydrogen-bond donors (Lipinski definition) is 0. The molecule has 0 saturated carbocycles. The van der Waals surface area contributed by atoms with E-state index in [1.165, 1.54) is 10.5 Å². The third kappa shape index (κ3) is 4.57. The van der Waals surface area contributed by atoms with Crippen molar-refractivity contribution in [2.45, 2.75) is 40.3 Å². The van der Waals surface area contributed by atoms with E-state index >= 15 is 0 Å². The maximum absolute atomic E-state index is 12.6. The van der Waals surface area contributed by atoms with Gasteiger partial charge in [0.25, 0.3) is 5.91 Å². The van der Waals surface area contributed by atoms with E-state index in [9.17, 15) is 4.79 Å². The number of aromatic nitrogens is 2. The van der Waals surface area contributed by atoms with Gasteiger partial charge in [0.2, 0.25) is 11.7 Å². The summed E-state index contributed by atoms with van der Waals surface area (Å²) in [5.74, 6) is 1.41. The summed E-state index contributed by atoms with van der Waals surface area (Å²) in [6, 6.07) is 13.7. The van der Waals surface area contributed by atoms with Gasteiger partial charge in [0.1, 0.15) is 5.75 Å². The van der Waals surface area contributed by atoms with Crippen LogP contribution in [0, 0.1) is 20.8 Å². The van der Waals surface area contributed by atoms with Gasteiger partial charge in [-0.25, -0.2) is 0 Å². The first-order valence-corrected chi connectivity index (χ1v) is 9.22. The van der Waals surface area contributed by atoms with Crippen molar-refractivity contribution in [1.29, 1.82) is 0 Å². The normalized spacial score (nSPS) is 11.9. The van der Waals surface area contributed by atoms with E-state index in [4.69, 9.17) is 9.26 Å². The molecule has 0 aliphatic heterocycles. The summed E-state index contributed by atoms with van der Waals surface area (Å²) in [6.45, 7) is 8.02. The predicted molar refractivity (Wildman–Crippen MR) is 107 cm³/mol. The maximum atomic E-state index is 12.6. The molecule has 0 aliphatic rings. The molecule has 3 aromatic rings. The number of rotatable bonds is 6. The van der Waals surface area contributed by atoms with Gasteiger partial charge in [-0.1, -0.05) is 35.0 Å². The molecule has 0 saturated heterocycles. The molecule has 0 bridgehead atoms. The first-order valence-electron chi connectivity index (χ1n) is 9.22. The third-order valence-corrected chi connectivity index (χ3v) is 4.63. The zero-order chi connectivity index (χ0) is 20.3. The summed E-state index contributed by atoms with van der Waals surface area (Å²) in [5, 5.41) is 4.02. The molecule has 0 N–H and O–H groups in total. The molecule has 0 aliphatic carbocycles. The molecule has 6 heteroatoms. The van der Waals surface area contributed by atoms with Crippen LogP contribution >= 0.6 is 0 Å². The number of hydrogen-bond acceptors (Lipinski definition) is 5. The summed E-state index contributed by atoms with van der Waals surface area (Å²) >= 11 is 0. The Morgan fingerprint density at radius 2 is 1.93 bits per heavy atom. The quantitative estimate of drug-likeness (QED) is 0.645. The molecule has 1 atom stereocenters. The van der Waals surface area contributed by atoms with Gasteiger partial charge in [-0.05, 0) is 57.0 Å². The topological polar surface area (TPSA) is 68.5 Å². The first-order chi connectivity index (χ1) is 13.3. The zero-order valence-corrected chi connectivity index (χ0v) is 16.9. The molecule has 0 unspecified atom stereocenters. The standard InChI is InChI=1S/C22H25N3O3/c1-14-7-6-8-18(11-14)21-23-20(28-24-21)13-25(5)22(26)17(4)27-19-10-9-15(2)16(3)12-19/h6-12,17H,13H2,1-5H3/t17-/m0/s1. The van der Waals surface area contributed by atoms with E-state index in [0.29, 0.717) is 17.5 Å². The average molecular weight is 379 g/mol. The average Bonchev–Trinajstić information content (AvgIpc) is 3.12. The van der Waals surface area contributed by atoms with Crippen molar-refractivity contribution >= 4 is 5.91 Å². The van der Waals surface area contributed by atoms with Crippen molar-refractivity contribution in [3.8, 4) is 17.1 Å². The fourth-order valence-corrected chi connectivity index (χ4v) is 2.85. The van der Waals surface area contributed by atoms with Gasteiger partial charge in [-0.15, -0.1) is 0 Å². The number of nitrogens with zero attached hydrogens (tertiary/aromatic N) is 3. The molecular weight excluding hydrogens is 354 g/mol. The number of amides is 1. The van der Waals surface area contributed by atoms with Crippen LogP contribution in [0.4, 0.5) is 0 Å². The summed E-state index contributed by atoms with van der Waals surface area (Å²) in [7, 11) is 1.69. The van der Waals surface area contributed by atoms with Crippen LogP contribution in [-0.4, -0.2) is 34.1 Å². The van der Waals surface area contributed by atoms with Crippen LogP contribution in [0.15, 0.2) is 47.0 Å². The first kappa shape index (κ1) is 19.6. The smallest absolute Gasteiger partial charge is 0.263 e. The van der Waals surface area contributed by atoms with E-state index in [1.807, 2.05) is 63.2 Å². The molecular formula is C22H25N3O3. The van der Waals surface area contributed by atoms with Gasteiger partial charge in [0.15, 0.2) is 6.10 Å². The highest BCUT2D eigenvalue weighted by molar-refractivity contribution is 5.80. The maximum Gasteiger partial charge on any atom is 0.263 e. The van der Waals surface area contributed by atoms with Crippen molar-refractivity contribution in [2.24, 2.45) is 0 Å². The minimum atomic E-state index is -0.619. The minimum Gasteiger partial charge on any atom is -0.481 e. The summed E-state index contributed by atoms with van der Waals surface area (Å²) < 4.78 is 11.1. The van der Waals surface area contributed by atoms with Crippen LogP contribution in [-0.2, 0) is 11.3 Å². The SMILES string of the molecule is Cc1cccc(-c2noc(CN(C)C(=O)[C@H](C)Oc3ccc(C)c(C)c3)n2)c1. The monoisotopic (exact) mass is 379 g/mol. The van der Waals surface area contributed by atoms with Gasteiger partial charge < -0.3 is 14.2 Å². The van der Waals surface area contributed by atoms with Crippen molar-refractivity contribution < 1.29 is 14.1 Å². The molecule has 0 fully saturated rings. The lowest BCUT2D eigenvalue weighted by Crippen LogP contribution is -2.37. The predicted octanol–water partition coefficient (Wildman–Crippen LogP) is 4.09. The van der Waals surface area contributed by atoms with Crippen molar-refractivity contribution in [1.82, 2.24) is 15.0 Å². The Hall–Kier alpha value is -3.15. The van der Waals surface area contributed by atoms with E-state index in [-0.39, 0.29) is 12.5 Å². The van der Waals surface area contributed by atoms with Crippen LogP contribution in [0.25, 0.3) is 11.4 Å². The molecule has 28 heavy (non-hydrogen) atoms.